The molecule has 0 atom stereocenters. The molecule has 0 bridgehead atoms. The zero-order valence-electron chi connectivity index (χ0n) is 13.4. The van der Waals surface area contributed by atoms with E-state index in [4.69, 9.17) is 32.7 Å². The van der Waals surface area contributed by atoms with Crippen LogP contribution in [0.5, 0.6) is 11.5 Å². The molecule has 0 saturated heterocycles. The van der Waals surface area contributed by atoms with E-state index in [9.17, 15) is 4.79 Å². The van der Waals surface area contributed by atoms with E-state index in [1.807, 2.05) is 0 Å². The standard InChI is InChI=1S/C18H13Cl2N3O3/c19-12-3-1-10(7-13(12)20)14-9-15(23-22-14)18(24)21-11-2-4-16-17(8-11)26-6-5-25-16/h1-4,7-9H,5-6H2,(H,21,24)(H,22,23). The number of nitrogens with one attached hydrogen (secondary N) is 2. The van der Waals surface area contributed by atoms with Crippen molar-refractivity contribution in [2.24, 2.45) is 0 Å². The first kappa shape index (κ1) is 16.8. The lowest BCUT2D eigenvalue weighted by Crippen LogP contribution is -2.16. The van der Waals surface area contributed by atoms with Crippen LogP contribution in [0.3, 0.4) is 0 Å². The SMILES string of the molecule is O=C(Nc1ccc2c(c1)OCCO2)c1cc(-c2ccc(Cl)c(Cl)c2)n[nH]1. The number of carbonyl (C=O) groups excluding carboxylic acids is 1. The molecule has 6 nitrogen and oxygen atoms in total. The molecule has 0 fully saturated rings. The van der Waals surface area contributed by atoms with Gasteiger partial charge in [-0.25, -0.2) is 0 Å². The van der Waals surface area contributed by atoms with E-state index in [0.29, 0.717) is 51.8 Å². The van der Waals surface area contributed by atoms with Crippen molar-refractivity contribution >= 4 is 34.8 Å². The number of aromatic amines is 1. The number of carbonyl (C=O) groups is 1. The van der Waals surface area contributed by atoms with Crippen LogP contribution in [0.15, 0.2) is 42.5 Å². The van der Waals surface area contributed by atoms with Crippen LogP contribution in [-0.2, 0) is 0 Å². The number of anilines is 1. The molecule has 0 radical (unpaired) electrons. The van der Waals surface area contributed by atoms with Crippen molar-refractivity contribution in [3.05, 3.63) is 58.2 Å². The van der Waals surface area contributed by atoms with Crippen molar-refractivity contribution in [1.29, 1.82) is 0 Å². The molecule has 1 aromatic heterocycles. The van der Waals surface area contributed by atoms with E-state index in [0.717, 1.165) is 5.56 Å². The van der Waals surface area contributed by atoms with Gasteiger partial charge in [0.15, 0.2) is 11.5 Å². The van der Waals surface area contributed by atoms with Crippen molar-refractivity contribution in [3.8, 4) is 22.8 Å². The molecule has 3 aromatic rings. The topological polar surface area (TPSA) is 76.2 Å². The Balaban J connectivity index is 1.52. The van der Waals surface area contributed by atoms with Gasteiger partial charge in [-0.2, -0.15) is 5.10 Å². The first-order chi connectivity index (χ1) is 12.6. The fourth-order valence-corrected chi connectivity index (χ4v) is 2.86. The Morgan fingerprint density at radius 1 is 1.00 bits per heavy atom. The highest BCUT2D eigenvalue weighted by Gasteiger charge is 2.15. The number of halogens is 2. The average molecular weight is 390 g/mol. The van der Waals surface area contributed by atoms with Gasteiger partial charge in [0.2, 0.25) is 0 Å². The van der Waals surface area contributed by atoms with Crippen molar-refractivity contribution in [1.82, 2.24) is 10.2 Å². The number of fused-ring (bicyclic) bond motifs is 1. The third-order valence-electron chi connectivity index (χ3n) is 3.84. The zero-order chi connectivity index (χ0) is 18.1. The van der Waals surface area contributed by atoms with E-state index in [1.165, 1.54) is 0 Å². The Morgan fingerprint density at radius 3 is 2.62 bits per heavy atom. The highest BCUT2D eigenvalue weighted by molar-refractivity contribution is 6.42. The number of hydrogen-bond acceptors (Lipinski definition) is 4. The minimum absolute atomic E-state index is 0.319. The van der Waals surface area contributed by atoms with Crippen molar-refractivity contribution in [3.63, 3.8) is 0 Å². The fraction of sp³-hybridized carbons (Fsp3) is 0.111. The van der Waals surface area contributed by atoms with Crippen LogP contribution in [0.4, 0.5) is 5.69 Å². The quantitative estimate of drug-likeness (QED) is 0.695. The number of aromatic nitrogens is 2. The molecule has 1 aliphatic heterocycles. The van der Waals surface area contributed by atoms with Crippen LogP contribution in [0.25, 0.3) is 11.3 Å². The normalized spacial score (nSPS) is 12.7. The predicted octanol–water partition coefficient (Wildman–Crippen LogP) is 4.41. The molecule has 0 unspecified atom stereocenters. The number of hydrogen-bond donors (Lipinski definition) is 2. The van der Waals surface area contributed by atoms with Crippen molar-refractivity contribution in [2.75, 3.05) is 18.5 Å². The molecule has 0 saturated carbocycles. The number of H-pyrrole nitrogens is 1. The summed E-state index contributed by atoms with van der Waals surface area (Å²) >= 11 is 11.9. The van der Waals surface area contributed by atoms with E-state index in [2.05, 4.69) is 15.5 Å². The molecule has 2 N–H and O–H groups in total. The minimum Gasteiger partial charge on any atom is -0.486 e. The van der Waals surface area contributed by atoms with Crippen molar-refractivity contribution in [2.45, 2.75) is 0 Å². The summed E-state index contributed by atoms with van der Waals surface area (Å²) in [4.78, 5) is 12.4. The first-order valence-corrected chi connectivity index (χ1v) is 8.57. The van der Waals surface area contributed by atoms with Crippen LogP contribution < -0.4 is 14.8 Å². The molecule has 1 aliphatic rings. The second-order valence-electron chi connectivity index (χ2n) is 5.61. The zero-order valence-corrected chi connectivity index (χ0v) is 14.9. The van der Waals surface area contributed by atoms with Gasteiger partial charge in [0.25, 0.3) is 5.91 Å². The number of benzene rings is 2. The largest absolute Gasteiger partial charge is 0.486 e. The second kappa shape index (κ2) is 6.90. The van der Waals surface area contributed by atoms with Gasteiger partial charge in [0, 0.05) is 17.3 Å². The van der Waals surface area contributed by atoms with Gasteiger partial charge in [-0.05, 0) is 30.3 Å². The Kier molecular flexibility index (Phi) is 4.44. The third-order valence-corrected chi connectivity index (χ3v) is 4.58. The maximum atomic E-state index is 12.4. The molecule has 26 heavy (non-hydrogen) atoms. The number of amides is 1. The maximum Gasteiger partial charge on any atom is 0.273 e. The maximum absolute atomic E-state index is 12.4. The second-order valence-corrected chi connectivity index (χ2v) is 6.42. The summed E-state index contributed by atoms with van der Waals surface area (Å²) in [5.41, 5.74) is 2.27. The Bertz CT molecular complexity index is 988. The molecule has 132 valence electrons. The van der Waals surface area contributed by atoms with Crippen LogP contribution in [0.2, 0.25) is 10.0 Å². The number of ether oxygens (including phenoxy) is 2. The summed E-state index contributed by atoms with van der Waals surface area (Å²) in [5, 5.41) is 10.6. The molecule has 1 amide bonds. The van der Waals surface area contributed by atoms with E-state index >= 15 is 0 Å². The average Bonchev–Trinajstić information content (AvgIpc) is 3.14. The van der Waals surface area contributed by atoms with E-state index in [1.54, 1.807) is 42.5 Å². The van der Waals surface area contributed by atoms with Gasteiger partial charge in [-0.15, -0.1) is 0 Å². The summed E-state index contributed by atoms with van der Waals surface area (Å²) in [6, 6.07) is 12.0. The highest BCUT2D eigenvalue weighted by atomic mass is 35.5. The van der Waals surface area contributed by atoms with E-state index < -0.39 is 0 Å². The van der Waals surface area contributed by atoms with Crippen LogP contribution in [-0.4, -0.2) is 29.3 Å². The van der Waals surface area contributed by atoms with Crippen molar-refractivity contribution < 1.29 is 14.3 Å². The van der Waals surface area contributed by atoms with Gasteiger partial charge in [-0.1, -0.05) is 29.3 Å². The first-order valence-electron chi connectivity index (χ1n) is 7.82. The number of rotatable bonds is 3. The van der Waals surface area contributed by atoms with Gasteiger partial charge >= 0.3 is 0 Å². The highest BCUT2D eigenvalue weighted by Crippen LogP contribution is 2.33. The monoisotopic (exact) mass is 389 g/mol. The van der Waals surface area contributed by atoms with Gasteiger partial charge in [-0.3, -0.25) is 9.89 Å². The molecule has 0 spiro atoms. The summed E-state index contributed by atoms with van der Waals surface area (Å²) in [6.45, 7) is 1.00. The van der Waals surface area contributed by atoms with Crippen LogP contribution in [0, 0.1) is 0 Å². The number of nitrogens with zero attached hydrogens (tertiary/aromatic N) is 1. The summed E-state index contributed by atoms with van der Waals surface area (Å²) in [6.07, 6.45) is 0. The van der Waals surface area contributed by atoms with Gasteiger partial charge in [0.05, 0.1) is 15.7 Å². The summed E-state index contributed by atoms with van der Waals surface area (Å²) in [5.74, 6) is 0.952. The van der Waals surface area contributed by atoms with Crippen LogP contribution in [0.1, 0.15) is 10.5 Å². The summed E-state index contributed by atoms with van der Waals surface area (Å²) < 4.78 is 11.0. The Labute approximate surface area is 159 Å². The predicted molar refractivity (Wildman–Crippen MR) is 99.4 cm³/mol. The van der Waals surface area contributed by atoms with E-state index in [-0.39, 0.29) is 5.91 Å². The Morgan fingerprint density at radius 2 is 1.81 bits per heavy atom. The van der Waals surface area contributed by atoms with Gasteiger partial charge in [0.1, 0.15) is 18.9 Å². The molecule has 2 aromatic carbocycles. The third kappa shape index (κ3) is 3.34. The molecule has 4 rings (SSSR count). The van der Waals surface area contributed by atoms with Gasteiger partial charge < -0.3 is 14.8 Å². The molecule has 8 heteroatoms. The smallest absolute Gasteiger partial charge is 0.273 e. The molecule has 0 aliphatic carbocycles. The van der Waals surface area contributed by atoms with Crippen LogP contribution >= 0.6 is 23.2 Å². The fourth-order valence-electron chi connectivity index (χ4n) is 2.56. The minimum atomic E-state index is -0.319. The Hall–Kier alpha value is -2.70. The lowest BCUT2D eigenvalue weighted by atomic mass is 10.1. The molecule has 2 heterocycles. The summed E-state index contributed by atoms with van der Waals surface area (Å²) in [7, 11) is 0. The molecular weight excluding hydrogens is 377 g/mol. The lowest BCUT2D eigenvalue weighted by Gasteiger charge is -2.18. The molecular formula is C18H13Cl2N3O3. The lowest BCUT2D eigenvalue weighted by molar-refractivity contribution is 0.102.